The number of hydrogen-bond donors (Lipinski definition) is 3. The van der Waals surface area contributed by atoms with Crippen LogP contribution in [0.15, 0.2) is 23.2 Å². The van der Waals surface area contributed by atoms with E-state index in [2.05, 4.69) is 29.5 Å². The maximum absolute atomic E-state index is 10.0. The van der Waals surface area contributed by atoms with Crippen LogP contribution in [0.4, 0.5) is 0 Å². The quantitative estimate of drug-likeness (QED) is 0.360. The van der Waals surface area contributed by atoms with Crippen molar-refractivity contribution in [2.45, 2.75) is 27.2 Å². The van der Waals surface area contributed by atoms with E-state index in [4.69, 9.17) is 4.74 Å². The number of nitrogens with one attached hydrogen (secondary N) is 2. The zero-order chi connectivity index (χ0) is 15.7. The van der Waals surface area contributed by atoms with E-state index in [1.54, 1.807) is 13.2 Å². The first-order valence-electron chi connectivity index (χ1n) is 7.45. The molecule has 0 fully saturated rings. The third-order valence-corrected chi connectivity index (χ3v) is 2.95. The second-order valence-electron chi connectivity index (χ2n) is 5.26. The summed E-state index contributed by atoms with van der Waals surface area (Å²) in [6.07, 6.45) is 0.703. The lowest BCUT2D eigenvalue weighted by molar-refractivity contribution is 0.370. The highest BCUT2D eigenvalue weighted by Crippen LogP contribution is 2.29. The maximum atomic E-state index is 10.0. The third kappa shape index (κ3) is 7.20. The summed E-state index contributed by atoms with van der Waals surface area (Å²) in [5.41, 5.74) is 0.863. The van der Waals surface area contributed by atoms with Gasteiger partial charge in [0.1, 0.15) is 0 Å². The Labute approximate surface area is 150 Å². The molecule has 0 atom stereocenters. The fraction of sp³-hybridized carbons (Fsp3) is 0.562. The molecule has 0 aliphatic heterocycles. The Kier molecular flexibility index (Phi) is 10.8. The lowest BCUT2D eigenvalue weighted by Gasteiger charge is -2.13. The average Bonchev–Trinajstić information content (AvgIpc) is 2.46. The highest BCUT2D eigenvalue weighted by atomic mass is 127. The van der Waals surface area contributed by atoms with Gasteiger partial charge in [-0.1, -0.05) is 26.0 Å². The molecule has 1 aromatic carbocycles. The molecule has 0 aliphatic carbocycles. The molecule has 0 heterocycles. The van der Waals surface area contributed by atoms with Gasteiger partial charge in [-0.05, 0) is 30.9 Å². The van der Waals surface area contributed by atoms with Gasteiger partial charge in [0.05, 0.1) is 7.11 Å². The first kappa shape index (κ1) is 20.8. The van der Waals surface area contributed by atoms with E-state index >= 15 is 0 Å². The molecular weight excluding hydrogens is 393 g/mol. The Morgan fingerprint density at radius 1 is 1.32 bits per heavy atom. The van der Waals surface area contributed by atoms with Crippen molar-refractivity contribution in [3.05, 3.63) is 23.8 Å². The fourth-order valence-electron chi connectivity index (χ4n) is 1.87. The second kappa shape index (κ2) is 11.4. The van der Waals surface area contributed by atoms with Gasteiger partial charge >= 0.3 is 0 Å². The lowest BCUT2D eigenvalue weighted by atomic mass is 10.1. The second-order valence-corrected chi connectivity index (χ2v) is 5.26. The van der Waals surface area contributed by atoms with Gasteiger partial charge < -0.3 is 20.5 Å². The first-order valence-corrected chi connectivity index (χ1v) is 7.45. The highest BCUT2D eigenvalue weighted by Gasteiger charge is 2.07. The zero-order valence-corrected chi connectivity index (χ0v) is 16.2. The summed E-state index contributed by atoms with van der Waals surface area (Å²) in [7, 11) is 1.55. The number of phenolic OH excluding ortho intramolecular Hbond substituents is 1. The molecule has 0 amide bonds. The Morgan fingerprint density at radius 2 is 2.05 bits per heavy atom. The van der Waals surface area contributed by atoms with E-state index in [-0.39, 0.29) is 29.7 Å². The maximum Gasteiger partial charge on any atom is 0.191 e. The van der Waals surface area contributed by atoms with Crippen LogP contribution < -0.4 is 15.4 Å². The number of rotatable bonds is 7. The van der Waals surface area contributed by atoms with E-state index in [9.17, 15) is 5.11 Å². The van der Waals surface area contributed by atoms with E-state index in [0.29, 0.717) is 24.6 Å². The number of ether oxygens (including phenoxy) is 1. The van der Waals surface area contributed by atoms with Gasteiger partial charge in [0.2, 0.25) is 0 Å². The summed E-state index contributed by atoms with van der Waals surface area (Å²) < 4.78 is 5.11. The number of guanidine groups is 1. The molecule has 6 heteroatoms. The van der Waals surface area contributed by atoms with E-state index in [0.717, 1.165) is 24.6 Å². The molecule has 1 rings (SSSR count). The van der Waals surface area contributed by atoms with Crippen molar-refractivity contribution in [2.24, 2.45) is 10.9 Å². The van der Waals surface area contributed by atoms with Gasteiger partial charge in [-0.15, -0.1) is 24.0 Å². The topological polar surface area (TPSA) is 65.9 Å². The fourth-order valence-corrected chi connectivity index (χ4v) is 1.87. The monoisotopic (exact) mass is 421 g/mol. The van der Waals surface area contributed by atoms with Gasteiger partial charge in [0.15, 0.2) is 17.5 Å². The van der Waals surface area contributed by atoms with E-state index in [1.807, 2.05) is 19.1 Å². The molecule has 0 saturated heterocycles. The van der Waals surface area contributed by atoms with Crippen LogP contribution in [0.3, 0.4) is 0 Å². The molecule has 0 unspecified atom stereocenters. The van der Waals surface area contributed by atoms with Gasteiger partial charge in [0, 0.05) is 19.6 Å². The molecule has 22 heavy (non-hydrogen) atoms. The van der Waals surface area contributed by atoms with Gasteiger partial charge in [-0.2, -0.15) is 0 Å². The number of aliphatic imine (C=N–C) groups is 1. The first-order chi connectivity index (χ1) is 10.1. The minimum absolute atomic E-state index is 0. The van der Waals surface area contributed by atoms with Crippen LogP contribution in [0.5, 0.6) is 11.5 Å². The minimum Gasteiger partial charge on any atom is -0.504 e. The van der Waals surface area contributed by atoms with Crippen LogP contribution in [0.2, 0.25) is 0 Å². The molecule has 126 valence electrons. The van der Waals surface area contributed by atoms with Crippen LogP contribution in [0.25, 0.3) is 0 Å². The van der Waals surface area contributed by atoms with Gasteiger partial charge in [-0.3, -0.25) is 4.99 Å². The van der Waals surface area contributed by atoms with Crippen molar-refractivity contribution >= 4 is 29.9 Å². The van der Waals surface area contributed by atoms with Crippen LogP contribution in [-0.4, -0.2) is 37.8 Å². The number of halogens is 1. The summed E-state index contributed by atoms with van der Waals surface area (Å²) in [6, 6.07) is 5.53. The lowest BCUT2D eigenvalue weighted by Crippen LogP contribution is -2.38. The number of aromatic hydroxyl groups is 1. The minimum atomic E-state index is 0. The van der Waals surface area contributed by atoms with Crippen molar-refractivity contribution in [1.29, 1.82) is 0 Å². The van der Waals surface area contributed by atoms with Crippen molar-refractivity contribution in [3.8, 4) is 11.5 Å². The van der Waals surface area contributed by atoms with Crippen molar-refractivity contribution < 1.29 is 9.84 Å². The van der Waals surface area contributed by atoms with Crippen LogP contribution in [0.1, 0.15) is 26.3 Å². The number of phenols is 1. The molecule has 0 aliphatic rings. The van der Waals surface area contributed by atoms with Crippen LogP contribution in [-0.2, 0) is 6.42 Å². The number of hydrogen-bond acceptors (Lipinski definition) is 3. The molecule has 5 nitrogen and oxygen atoms in total. The molecular formula is C16H28IN3O2. The number of methoxy groups -OCH3 is 1. The molecule has 0 aromatic heterocycles. The van der Waals surface area contributed by atoms with Crippen molar-refractivity contribution in [2.75, 3.05) is 26.7 Å². The highest BCUT2D eigenvalue weighted by molar-refractivity contribution is 14.0. The molecule has 0 bridgehead atoms. The van der Waals surface area contributed by atoms with E-state index < -0.39 is 0 Å². The Hall–Kier alpha value is -1.18. The van der Waals surface area contributed by atoms with Gasteiger partial charge in [-0.25, -0.2) is 0 Å². The normalized spacial score (nSPS) is 11.0. The van der Waals surface area contributed by atoms with Crippen molar-refractivity contribution in [3.63, 3.8) is 0 Å². The third-order valence-electron chi connectivity index (χ3n) is 2.95. The standard InChI is InChI=1S/C16H27N3O2.HI/c1-5-17-16(19-11-12(2)3)18-10-9-13-7-6-8-14(21-4)15(13)20;/h6-8,12,20H,5,9-11H2,1-4H3,(H2,17,18,19);1H. The van der Waals surface area contributed by atoms with Crippen LogP contribution in [0, 0.1) is 5.92 Å². The van der Waals surface area contributed by atoms with Gasteiger partial charge in [0.25, 0.3) is 0 Å². The zero-order valence-electron chi connectivity index (χ0n) is 13.8. The summed E-state index contributed by atoms with van der Waals surface area (Å²) in [5, 5.41) is 16.5. The summed E-state index contributed by atoms with van der Waals surface area (Å²) >= 11 is 0. The smallest absolute Gasteiger partial charge is 0.191 e. The number of nitrogens with zero attached hydrogens (tertiary/aromatic N) is 1. The molecule has 0 saturated carbocycles. The summed E-state index contributed by atoms with van der Waals surface area (Å²) in [6.45, 7) is 8.64. The molecule has 1 aromatic rings. The molecule has 3 N–H and O–H groups in total. The van der Waals surface area contributed by atoms with Crippen molar-refractivity contribution in [1.82, 2.24) is 10.6 Å². The summed E-state index contributed by atoms with van der Waals surface area (Å²) in [4.78, 5) is 4.51. The number of benzene rings is 1. The summed E-state index contributed by atoms with van der Waals surface area (Å²) in [5.74, 6) is 2.07. The predicted octanol–water partition coefficient (Wildman–Crippen LogP) is 2.77. The molecule has 0 spiro atoms. The molecule has 0 radical (unpaired) electrons. The Morgan fingerprint density at radius 3 is 2.64 bits per heavy atom. The Balaban J connectivity index is 0.00000441. The predicted molar refractivity (Wildman–Crippen MR) is 103 cm³/mol. The van der Waals surface area contributed by atoms with E-state index in [1.165, 1.54) is 0 Å². The Bertz CT molecular complexity index is 465. The largest absolute Gasteiger partial charge is 0.504 e. The average molecular weight is 421 g/mol. The SMILES string of the molecule is CCNC(=NCC(C)C)NCCc1cccc(OC)c1O.I. The van der Waals surface area contributed by atoms with Crippen LogP contribution >= 0.6 is 24.0 Å². The number of para-hydroxylation sites is 1.